The first-order valence-electron chi connectivity index (χ1n) is 11.6. The molecule has 1 heterocycles. The molecule has 2 aliphatic rings. The Balaban J connectivity index is 1.36. The second-order valence-corrected chi connectivity index (χ2v) is 8.98. The van der Waals surface area contributed by atoms with E-state index < -0.39 is 5.41 Å². The van der Waals surface area contributed by atoms with Crippen LogP contribution in [0.1, 0.15) is 57.4 Å². The van der Waals surface area contributed by atoms with Gasteiger partial charge in [0, 0.05) is 23.8 Å². The van der Waals surface area contributed by atoms with Gasteiger partial charge in [0.25, 0.3) is 0 Å². The van der Waals surface area contributed by atoms with Gasteiger partial charge in [-0.05, 0) is 69.5 Å². The van der Waals surface area contributed by atoms with Crippen molar-refractivity contribution in [1.29, 1.82) is 0 Å². The summed E-state index contributed by atoms with van der Waals surface area (Å²) in [5, 5.41) is 3.02. The standard InChI is InChI=1S/C26H33FN2O2/c1-20-8-4-7-17-29(20)18-19-31-22-13-11-21(12-14-22)28-25(30)26(15-5-6-16-26)23-9-2-3-10-24(23)27/h2-3,9-14,20H,4-8,15-19H2,1H3,(H,28,30)/t20-/m1/s1. The van der Waals surface area contributed by atoms with Gasteiger partial charge >= 0.3 is 0 Å². The second-order valence-electron chi connectivity index (χ2n) is 8.98. The Bertz CT molecular complexity index is 877. The van der Waals surface area contributed by atoms with Crippen molar-refractivity contribution in [1.82, 2.24) is 4.90 Å². The Morgan fingerprint density at radius 2 is 1.84 bits per heavy atom. The molecule has 166 valence electrons. The first-order chi connectivity index (χ1) is 15.1. The molecule has 1 atom stereocenters. The summed E-state index contributed by atoms with van der Waals surface area (Å²) in [5.74, 6) is 0.376. The molecule has 1 saturated carbocycles. The molecule has 2 fully saturated rings. The van der Waals surface area contributed by atoms with Gasteiger partial charge < -0.3 is 10.1 Å². The van der Waals surface area contributed by atoms with Gasteiger partial charge in [-0.15, -0.1) is 0 Å². The SMILES string of the molecule is C[C@@H]1CCCCN1CCOc1ccc(NC(=O)C2(c3ccccc3F)CCCC2)cc1. The average molecular weight is 425 g/mol. The molecule has 0 radical (unpaired) electrons. The molecule has 1 saturated heterocycles. The van der Waals surface area contributed by atoms with Crippen LogP contribution in [0.5, 0.6) is 5.75 Å². The number of nitrogens with zero attached hydrogens (tertiary/aromatic N) is 1. The van der Waals surface area contributed by atoms with Crippen molar-refractivity contribution in [3.05, 3.63) is 59.9 Å². The molecular formula is C26H33FN2O2. The van der Waals surface area contributed by atoms with Crippen LogP contribution in [-0.4, -0.2) is 36.5 Å². The van der Waals surface area contributed by atoms with Crippen LogP contribution >= 0.6 is 0 Å². The number of nitrogens with one attached hydrogen (secondary N) is 1. The fraction of sp³-hybridized carbons (Fsp3) is 0.500. The normalized spacial score (nSPS) is 21.0. The molecule has 2 aromatic rings. The second kappa shape index (κ2) is 9.82. The maximum absolute atomic E-state index is 14.5. The van der Waals surface area contributed by atoms with Crippen LogP contribution in [0.15, 0.2) is 48.5 Å². The lowest BCUT2D eigenvalue weighted by Crippen LogP contribution is -2.39. The van der Waals surface area contributed by atoms with Crippen LogP contribution < -0.4 is 10.1 Å². The minimum atomic E-state index is -0.786. The lowest BCUT2D eigenvalue weighted by molar-refractivity contribution is -0.121. The number of hydrogen-bond acceptors (Lipinski definition) is 3. The fourth-order valence-corrected chi connectivity index (χ4v) is 5.10. The maximum atomic E-state index is 14.5. The van der Waals surface area contributed by atoms with Crippen LogP contribution in [0.25, 0.3) is 0 Å². The Kier molecular flexibility index (Phi) is 6.91. The molecule has 5 heteroatoms. The van der Waals surface area contributed by atoms with Gasteiger partial charge in [0.15, 0.2) is 0 Å². The molecule has 4 rings (SSSR count). The lowest BCUT2D eigenvalue weighted by atomic mass is 9.77. The van der Waals surface area contributed by atoms with Crippen LogP contribution in [0, 0.1) is 5.82 Å². The number of hydrogen-bond donors (Lipinski definition) is 1. The number of rotatable bonds is 7. The van der Waals surface area contributed by atoms with Gasteiger partial charge in [-0.3, -0.25) is 9.69 Å². The number of halogens is 1. The van der Waals surface area contributed by atoms with Crippen LogP contribution in [0.2, 0.25) is 0 Å². The third kappa shape index (κ3) is 4.93. The summed E-state index contributed by atoms with van der Waals surface area (Å²) in [7, 11) is 0. The first kappa shape index (κ1) is 21.8. The predicted octanol–water partition coefficient (Wildman–Crippen LogP) is 5.53. The third-order valence-corrected chi connectivity index (χ3v) is 6.98. The van der Waals surface area contributed by atoms with Crippen LogP contribution in [0.3, 0.4) is 0 Å². The van der Waals surface area contributed by atoms with Gasteiger partial charge in [0.1, 0.15) is 18.2 Å². The smallest absolute Gasteiger partial charge is 0.235 e. The van der Waals surface area contributed by atoms with E-state index in [1.807, 2.05) is 30.3 Å². The molecule has 1 aliphatic heterocycles. The highest BCUT2D eigenvalue weighted by Crippen LogP contribution is 2.43. The molecule has 4 nitrogen and oxygen atoms in total. The van der Waals surface area contributed by atoms with E-state index in [4.69, 9.17) is 4.74 Å². The van der Waals surface area contributed by atoms with Crippen molar-refractivity contribution < 1.29 is 13.9 Å². The molecule has 31 heavy (non-hydrogen) atoms. The quantitative estimate of drug-likeness (QED) is 0.635. The Morgan fingerprint density at radius 1 is 1.10 bits per heavy atom. The van der Waals surface area contributed by atoms with E-state index in [1.54, 1.807) is 12.1 Å². The number of likely N-dealkylation sites (tertiary alicyclic amines) is 1. The van der Waals surface area contributed by atoms with Crippen LogP contribution in [-0.2, 0) is 10.2 Å². The van der Waals surface area contributed by atoms with Gasteiger partial charge in [0.05, 0.1) is 5.41 Å². The fourth-order valence-electron chi connectivity index (χ4n) is 5.10. The Hall–Kier alpha value is -2.40. The molecule has 2 aromatic carbocycles. The van der Waals surface area contributed by atoms with Gasteiger partial charge in [-0.2, -0.15) is 0 Å². The summed E-state index contributed by atoms with van der Waals surface area (Å²) in [6.45, 7) is 5.03. The van der Waals surface area contributed by atoms with Gasteiger partial charge in [0.2, 0.25) is 5.91 Å². The Labute approximate surface area is 184 Å². The number of anilines is 1. The number of amides is 1. The van der Waals surface area contributed by atoms with Crippen molar-refractivity contribution in [3.63, 3.8) is 0 Å². The summed E-state index contributed by atoms with van der Waals surface area (Å²) in [4.78, 5) is 15.7. The van der Waals surface area contributed by atoms with E-state index in [1.165, 1.54) is 25.3 Å². The highest BCUT2D eigenvalue weighted by Gasteiger charge is 2.44. The highest BCUT2D eigenvalue weighted by molar-refractivity contribution is 5.99. The van der Waals surface area contributed by atoms with E-state index in [9.17, 15) is 9.18 Å². The molecule has 1 amide bonds. The molecule has 0 aromatic heterocycles. The number of carbonyl (C=O) groups excluding carboxylic acids is 1. The van der Waals surface area contributed by atoms with E-state index >= 15 is 0 Å². The molecule has 1 N–H and O–H groups in total. The zero-order valence-corrected chi connectivity index (χ0v) is 18.4. The minimum Gasteiger partial charge on any atom is -0.492 e. The van der Waals surface area contributed by atoms with E-state index in [0.29, 0.717) is 36.7 Å². The first-order valence-corrected chi connectivity index (χ1v) is 11.6. The third-order valence-electron chi connectivity index (χ3n) is 6.98. The van der Waals surface area contributed by atoms with Crippen LogP contribution in [0.4, 0.5) is 10.1 Å². The summed E-state index contributed by atoms with van der Waals surface area (Å²) in [6.07, 6.45) is 7.08. The number of ether oxygens (including phenoxy) is 1. The molecule has 0 bridgehead atoms. The lowest BCUT2D eigenvalue weighted by Gasteiger charge is -2.33. The zero-order valence-electron chi connectivity index (χ0n) is 18.4. The number of carbonyl (C=O) groups is 1. The highest BCUT2D eigenvalue weighted by atomic mass is 19.1. The van der Waals surface area contributed by atoms with Crippen molar-refractivity contribution in [2.45, 2.75) is 63.3 Å². The summed E-state index contributed by atoms with van der Waals surface area (Å²) >= 11 is 0. The average Bonchev–Trinajstić information content (AvgIpc) is 3.28. The van der Waals surface area contributed by atoms with E-state index in [-0.39, 0.29) is 11.7 Å². The van der Waals surface area contributed by atoms with Crippen molar-refractivity contribution in [2.75, 3.05) is 25.0 Å². The van der Waals surface area contributed by atoms with Crippen molar-refractivity contribution >= 4 is 11.6 Å². The Morgan fingerprint density at radius 3 is 2.55 bits per heavy atom. The number of piperidine rings is 1. The zero-order chi connectivity index (χ0) is 21.7. The van der Waals surface area contributed by atoms with Crippen molar-refractivity contribution in [3.8, 4) is 5.75 Å². The summed E-state index contributed by atoms with van der Waals surface area (Å²) < 4.78 is 20.4. The molecule has 0 unspecified atom stereocenters. The maximum Gasteiger partial charge on any atom is 0.235 e. The van der Waals surface area contributed by atoms with E-state index in [2.05, 4.69) is 17.1 Å². The largest absolute Gasteiger partial charge is 0.492 e. The van der Waals surface area contributed by atoms with E-state index in [0.717, 1.165) is 31.7 Å². The van der Waals surface area contributed by atoms with Gasteiger partial charge in [-0.1, -0.05) is 37.5 Å². The van der Waals surface area contributed by atoms with Crippen molar-refractivity contribution in [2.24, 2.45) is 0 Å². The minimum absolute atomic E-state index is 0.122. The number of benzene rings is 2. The van der Waals surface area contributed by atoms with Gasteiger partial charge in [-0.25, -0.2) is 4.39 Å². The monoisotopic (exact) mass is 424 g/mol. The molecule has 0 spiro atoms. The topological polar surface area (TPSA) is 41.6 Å². The predicted molar refractivity (Wildman–Crippen MR) is 122 cm³/mol. The summed E-state index contributed by atoms with van der Waals surface area (Å²) in [5.41, 5.74) is 0.438. The molecular weight excluding hydrogens is 391 g/mol. The molecule has 1 aliphatic carbocycles. The summed E-state index contributed by atoms with van der Waals surface area (Å²) in [6, 6.07) is 14.8.